The molecule has 0 amide bonds. The van der Waals surface area contributed by atoms with E-state index in [0.29, 0.717) is 5.41 Å². The highest BCUT2D eigenvalue weighted by atomic mass is 14.7. The summed E-state index contributed by atoms with van der Waals surface area (Å²) in [7, 11) is 0. The molecular formula is C12H17N. The highest BCUT2D eigenvalue weighted by molar-refractivity contribution is 5.38. The summed E-state index contributed by atoms with van der Waals surface area (Å²) in [5.41, 5.74) is 8.97. The van der Waals surface area contributed by atoms with Gasteiger partial charge in [-0.25, -0.2) is 0 Å². The van der Waals surface area contributed by atoms with Crippen LogP contribution in [0.25, 0.3) is 0 Å². The van der Waals surface area contributed by atoms with E-state index < -0.39 is 0 Å². The quantitative estimate of drug-likeness (QED) is 0.685. The summed E-state index contributed by atoms with van der Waals surface area (Å²) in [6, 6.07) is 0. The zero-order chi connectivity index (χ0) is 9.31. The maximum atomic E-state index is 5.79. The third-order valence-electron chi connectivity index (χ3n) is 3.16. The summed E-state index contributed by atoms with van der Waals surface area (Å²) in [4.78, 5) is 0. The second-order valence-corrected chi connectivity index (χ2v) is 4.16. The van der Waals surface area contributed by atoms with Gasteiger partial charge < -0.3 is 5.73 Å². The lowest BCUT2D eigenvalue weighted by Crippen LogP contribution is -2.16. The first-order valence-electron chi connectivity index (χ1n) is 5.02. The van der Waals surface area contributed by atoms with Crippen molar-refractivity contribution < 1.29 is 0 Å². The predicted molar refractivity (Wildman–Crippen MR) is 56.3 cm³/mol. The molecule has 0 aromatic carbocycles. The van der Waals surface area contributed by atoms with E-state index in [9.17, 15) is 0 Å². The van der Waals surface area contributed by atoms with Crippen molar-refractivity contribution in [2.75, 3.05) is 6.54 Å². The molecule has 70 valence electrons. The van der Waals surface area contributed by atoms with Gasteiger partial charge in [0, 0.05) is 12.0 Å². The molecule has 2 aliphatic carbocycles. The minimum absolute atomic E-state index is 0.356. The molecule has 2 rings (SSSR count). The average molecular weight is 175 g/mol. The Morgan fingerprint density at radius 1 is 1.31 bits per heavy atom. The van der Waals surface area contributed by atoms with Gasteiger partial charge in [0.15, 0.2) is 0 Å². The Morgan fingerprint density at radius 3 is 2.69 bits per heavy atom. The Labute approximate surface area is 80.0 Å². The van der Waals surface area contributed by atoms with Gasteiger partial charge in [-0.2, -0.15) is 0 Å². The topological polar surface area (TPSA) is 26.0 Å². The van der Waals surface area contributed by atoms with Crippen molar-refractivity contribution in [3.63, 3.8) is 0 Å². The number of hydrogen-bond acceptors (Lipinski definition) is 1. The van der Waals surface area contributed by atoms with Crippen LogP contribution in [0, 0.1) is 5.41 Å². The van der Waals surface area contributed by atoms with E-state index in [2.05, 4.69) is 31.2 Å². The molecule has 0 aromatic rings. The zero-order valence-corrected chi connectivity index (χ0v) is 8.22. The molecular weight excluding hydrogens is 158 g/mol. The molecule has 2 N–H and O–H groups in total. The Bertz CT molecular complexity index is 290. The molecule has 0 heterocycles. The van der Waals surface area contributed by atoms with Crippen molar-refractivity contribution in [1.82, 2.24) is 0 Å². The van der Waals surface area contributed by atoms with Crippen LogP contribution in [0.2, 0.25) is 0 Å². The monoisotopic (exact) mass is 175 g/mol. The van der Waals surface area contributed by atoms with Gasteiger partial charge in [-0.15, -0.1) is 0 Å². The van der Waals surface area contributed by atoms with Crippen LogP contribution in [-0.2, 0) is 0 Å². The van der Waals surface area contributed by atoms with E-state index in [1.165, 1.54) is 24.0 Å². The van der Waals surface area contributed by atoms with Gasteiger partial charge in [-0.3, -0.25) is 0 Å². The number of hydrogen-bond donors (Lipinski definition) is 1. The third-order valence-corrected chi connectivity index (χ3v) is 3.16. The fourth-order valence-electron chi connectivity index (χ4n) is 1.88. The van der Waals surface area contributed by atoms with E-state index in [-0.39, 0.29) is 0 Å². The molecule has 2 aliphatic rings. The molecule has 0 bridgehead atoms. The van der Waals surface area contributed by atoms with Crippen molar-refractivity contribution in [2.45, 2.75) is 26.2 Å². The van der Waals surface area contributed by atoms with Crippen LogP contribution in [-0.4, -0.2) is 6.54 Å². The Kier molecular flexibility index (Phi) is 2.12. The molecule has 0 saturated heterocycles. The van der Waals surface area contributed by atoms with Crippen LogP contribution in [0.1, 0.15) is 26.2 Å². The lowest BCUT2D eigenvalue weighted by atomic mass is 9.95. The highest BCUT2D eigenvalue weighted by Gasteiger charge is 2.43. The van der Waals surface area contributed by atoms with E-state index in [0.717, 1.165) is 13.0 Å². The van der Waals surface area contributed by atoms with E-state index >= 15 is 0 Å². The molecule has 1 saturated carbocycles. The SMILES string of the molecule is CC1=CCC=C(C2(CN)CC2)C=C1. The molecule has 1 heteroatoms. The molecule has 0 spiro atoms. The zero-order valence-electron chi connectivity index (χ0n) is 8.22. The predicted octanol–water partition coefficient (Wildman–Crippen LogP) is 2.56. The van der Waals surface area contributed by atoms with Gasteiger partial charge in [-0.05, 0) is 31.8 Å². The normalized spacial score (nSPS) is 24.8. The maximum absolute atomic E-state index is 5.79. The summed E-state index contributed by atoms with van der Waals surface area (Å²) >= 11 is 0. The largest absolute Gasteiger partial charge is 0.330 e. The van der Waals surface area contributed by atoms with Crippen LogP contribution >= 0.6 is 0 Å². The first-order chi connectivity index (χ1) is 6.27. The average Bonchev–Trinajstić information content (AvgIpc) is 2.89. The summed E-state index contributed by atoms with van der Waals surface area (Å²) in [5.74, 6) is 0. The van der Waals surface area contributed by atoms with Crippen molar-refractivity contribution in [1.29, 1.82) is 0 Å². The molecule has 0 radical (unpaired) electrons. The molecule has 1 fully saturated rings. The van der Waals surface area contributed by atoms with Crippen molar-refractivity contribution in [3.05, 3.63) is 35.5 Å². The highest BCUT2D eigenvalue weighted by Crippen LogP contribution is 2.51. The first-order valence-corrected chi connectivity index (χ1v) is 5.02. The summed E-state index contributed by atoms with van der Waals surface area (Å²) in [6.07, 6.45) is 12.7. The Hall–Kier alpha value is -0.820. The minimum Gasteiger partial charge on any atom is -0.330 e. The summed E-state index contributed by atoms with van der Waals surface area (Å²) in [6.45, 7) is 2.96. The number of rotatable bonds is 2. The Balaban J connectivity index is 2.18. The lowest BCUT2D eigenvalue weighted by molar-refractivity contribution is 0.635. The van der Waals surface area contributed by atoms with Crippen molar-refractivity contribution in [3.8, 4) is 0 Å². The van der Waals surface area contributed by atoms with Gasteiger partial charge in [-0.1, -0.05) is 29.9 Å². The van der Waals surface area contributed by atoms with Crippen LogP contribution in [0.15, 0.2) is 35.5 Å². The fourth-order valence-corrected chi connectivity index (χ4v) is 1.88. The fraction of sp³-hybridized carbons (Fsp3) is 0.500. The van der Waals surface area contributed by atoms with Crippen LogP contribution in [0.3, 0.4) is 0 Å². The second-order valence-electron chi connectivity index (χ2n) is 4.16. The van der Waals surface area contributed by atoms with Gasteiger partial charge in [0.2, 0.25) is 0 Å². The number of allylic oxidation sites excluding steroid dienone is 5. The van der Waals surface area contributed by atoms with Crippen molar-refractivity contribution in [2.24, 2.45) is 11.1 Å². The van der Waals surface area contributed by atoms with Crippen LogP contribution < -0.4 is 5.73 Å². The molecule has 0 aliphatic heterocycles. The lowest BCUT2D eigenvalue weighted by Gasteiger charge is -2.13. The van der Waals surface area contributed by atoms with E-state index in [1.807, 2.05) is 0 Å². The molecule has 0 aromatic heterocycles. The number of nitrogens with two attached hydrogens (primary N) is 1. The van der Waals surface area contributed by atoms with Gasteiger partial charge in [0.05, 0.1) is 0 Å². The first kappa shape index (κ1) is 8.76. The van der Waals surface area contributed by atoms with Crippen LogP contribution in [0.5, 0.6) is 0 Å². The summed E-state index contributed by atoms with van der Waals surface area (Å²) in [5, 5.41) is 0. The van der Waals surface area contributed by atoms with Gasteiger partial charge in [0.1, 0.15) is 0 Å². The van der Waals surface area contributed by atoms with Gasteiger partial charge >= 0.3 is 0 Å². The van der Waals surface area contributed by atoms with E-state index in [4.69, 9.17) is 5.73 Å². The molecule has 1 nitrogen and oxygen atoms in total. The minimum atomic E-state index is 0.356. The standard InChI is InChI=1S/C12H17N/c1-10-3-2-4-11(6-5-10)12(9-13)7-8-12/h3-6H,2,7-9,13H2,1H3. The summed E-state index contributed by atoms with van der Waals surface area (Å²) < 4.78 is 0. The third kappa shape index (κ3) is 1.61. The maximum Gasteiger partial charge on any atom is 0.00731 e. The van der Waals surface area contributed by atoms with Crippen LogP contribution in [0.4, 0.5) is 0 Å². The van der Waals surface area contributed by atoms with Crippen molar-refractivity contribution >= 4 is 0 Å². The smallest absolute Gasteiger partial charge is 0.00731 e. The molecule has 0 atom stereocenters. The van der Waals surface area contributed by atoms with Gasteiger partial charge in [0.25, 0.3) is 0 Å². The molecule has 0 unspecified atom stereocenters. The molecule has 13 heavy (non-hydrogen) atoms. The second kappa shape index (κ2) is 3.15. The Morgan fingerprint density at radius 2 is 2.08 bits per heavy atom. The van der Waals surface area contributed by atoms with E-state index in [1.54, 1.807) is 0 Å².